The molecule has 0 spiro atoms. The highest BCUT2D eigenvalue weighted by molar-refractivity contribution is 9.10. The molecule has 2 aromatic rings. The van der Waals surface area contributed by atoms with Crippen LogP contribution in [0.25, 0.3) is 0 Å². The lowest BCUT2D eigenvalue weighted by molar-refractivity contribution is 0.00442. The predicted octanol–water partition coefficient (Wildman–Crippen LogP) is 5.13. The Morgan fingerprint density at radius 2 is 1.80 bits per heavy atom. The minimum Gasteiger partial charge on any atom is -0.467 e. The second-order valence-electron chi connectivity index (χ2n) is 4.93. The van der Waals surface area contributed by atoms with Crippen molar-refractivity contribution in [2.75, 3.05) is 6.79 Å². The second kappa shape index (κ2) is 7.46. The minimum atomic E-state index is 0.260. The summed E-state index contributed by atoms with van der Waals surface area (Å²) in [5, 5.41) is 0. The van der Waals surface area contributed by atoms with Crippen LogP contribution in [0.5, 0.6) is 5.75 Å². The van der Waals surface area contributed by atoms with E-state index < -0.39 is 0 Å². The molecule has 0 atom stereocenters. The van der Waals surface area contributed by atoms with Gasteiger partial charge >= 0.3 is 0 Å². The van der Waals surface area contributed by atoms with Gasteiger partial charge in [-0.1, -0.05) is 60.1 Å². The number of ether oxygens (including phenoxy) is 2. The van der Waals surface area contributed by atoms with Gasteiger partial charge in [0.25, 0.3) is 0 Å². The maximum atomic E-state index is 5.73. The summed E-state index contributed by atoms with van der Waals surface area (Å²) in [7, 11) is 0. The molecule has 2 nitrogen and oxygen atoms in total. The van der Waals surface area contributed by atoms with Crippen molar-refractivity contribution >= 4 is 15.9 Å². The van der Waals surface area contributed by atoms with Crippen LogP contribution in [0.2, 0.25) is 0 Å². The van der Waals surface area contributed by atoms with E-state index in [1.165, 1.54) is 5.56 Å². The molecule has 0 unspecified atom stereocenters. The molecule has 0 aliphatic rings. The first-order chi connectivity index (χ1) is 9.66. The van der Waals surface area contributed by atoms with Gasteiger partial charge in [0.2, 0.25) is 0 Å². The standard InChI is InChI=1S/C17H19BrO2/c1-13(2)16-10-15(18)8-9-17(16)20-12-19-11-14-6-4-3-5-7-14/h3-10,13H,11-12H2,1-2H3. The Morgan fingerprint density at radius 3 is 2.50 bits per heavy atom. The van der Waals surface area contributed by atoms with Crippen LogP contribution in [-0.4, -0.2) is 6.79 Å². The third-order valence-corrected chi connectivity index (χ3v) is 3.50. The predicted molar refractivity (Wildman–Crippen MR) is 85.0 cm³/mol. The summed E-state index contributed by atoms with van der Waals surface area (Å²) in [5.74, 6) is 1.30. The Balaban J connectivity index is 1.88. The van der Waals surface area contributed by atoms with Crippen LogP contribution in [0.1, 0.15) is 30.9 Å². The smallest absolute Gasteiger partial charge is 0.189 e. The van der Waals surface area contributed by atoms with E-state index in [-0.39, 0.29) is 6.79 Å². The zero-order chi connectivity index (χ0) is 14.4. The van der Waals surface area contributed by atoms with Crippen LogP contribution in [0, 0.1) is 0 Å². The van der Waals surface area contributed by atoms with Crippen molar-refractivity contribution in [3.8, 4) is 5.75 Å². The van der Waals surface area contributed by atoms with Crippen LogP contribution in [0.4, 0.5) is 0 Å². The fourth-order valence-electron chi connectivity index (χ4n) is 1.94. The molecule has 0 N–H and O–H groups in total. The molecule has 0 bridgehead atoms. The molecule has 3 heteroatoms. The van der Waals surface area contributed by atoms with Crippen molar-refractivity contribution in [3.05, 3.63) is 64.1 Å². The van der Waals surface area contributed by atoms with Crippen LogP contribution in [0.15, 0.2) is 53.0 Å². The number of benzene rings is 2. The van der Waals surface area contributed by atoms with Crippen LogP contribution in [0.3, 0.4) is 0 Å². The first-order valence-electron chi connectivity index (χ1n) is 6.70. The van der Waals surface area contributed by atoms with Crippen LogP contribution >= 0.6 is 15.9 Å². The van der Waals surface area contributed by atoms with Gasteiger partial charge < -0.3 is 9.47 Å². The van der Waals surface area contributed by atoms with Crippen molar-refractivity contribution in [2.24, 2.45) is 0 Å². The normalized spacial score (nSPS) is 10.8. The number of hydrogen-bond donors (Lipinski definition) is 0. The average molecular weight is 335 g/mol. The summed E-state index contributed by atoms with van der Waals surface area (Å²) in [6.45, 7) is 5.13. The Hall–Kier alpha value is -1.32. The summed E-state index contributed by atoms with van der Waals surface area (Å²) in [6, 6.07) is 16.1. The summed E-state index contributed by atoms with van der Waals surface area (Å²) >= 11 is 3.49. The van der Waals surface area contributed by atoms with Gasteiger partial charge in [-0.2, -0.15) is 0 Å². The molecule has 0 saturated carbocycles. The fraction of sp³-hybridized carbons (Fsp3) is 0.294. The number of hydrogen-bond acceptors (Lipinski definition) is 2. The van der Waals surface area contributed by atoms with E-state index >= 15 is 0 Å². The average Bonchev–Trinajstić information content (AvgIpc) is 2.45. The first kappa shape index (κ1) is 15.1. The monoisotopic (exact) mass is 334 g/mol. The Bertz CT molecular complexity index is 538. The van der Waals surface area contributed by atoms with E-state index in [1.54, 1.807) is 0 Å². The molecule has 20 heavy (non-hydrogen) atoms. The third-order valence-electron chi connectivity index (χ3n) is 3.00. The van der Waals surface area contributed by atoms with Crippen molar-refractivity contribution in [2.45, 2.75) is 26.4 Å². The van der Waals surface area contributed by atoms with Gasteiger partial charge in [0, 0.05) is 4.47 Å². The molecule has 0 aliphatic carbocycles. The van der Waals surface area contributed by atoms with Gasteiger partial charge in [-0.05, 0) is 35.2 Å². The quantitative estimate of drug-likeness (QED) is 0.538. The van der Waals surface area contributed by atoms with Crippen molar-refractivity contribution in [1.29, 1.82) is 0 Å². The van der Waals surface area contributed by atoms with Gasteiger partial charge in [0.15, 0.2) is 6.79 Å². The largest absolute Gasteiger partial charge is 0.467 e. The molecule has 0 aliphatic heterocycles. The summed E-state index contributed by atoms with van der Waals surface area (Å²) in [6.07, 6.45) is 0. The van der Waals surface area contributed by atoms with E-state index in [0.717, 1.165) is 15.8 Å². The molecule has 0 amide bonds. The fourth-order valence-corrected chi connectivity index (χ4v) is 2.32. The summed E-state index contributed by atoms with van der Waals surface area (Å²) < 4.78 is 12.4. The zero-order valence-corrected chi connectivity index (χ0v) is 13.4. The molecule has 0 radical (unpaired) electrons. The summed E-state index contributed by atoms with van der Waals surface area (Å²) in [4.78, 5) is 0. The molecule has 0 saturated heterocycles. The molecule has 0 aromatic heterocycles. The maximum absolute atomic E-state index is 5.73. The second-order valence-corrected chi connectivity index (χ2v) is 5.85. The topological polar surface area (TPSA) is 18.5 Å². The molecule has 106 valence electrons. The van der Waals surface area contributed by atoms with Crippen LogP contribution in [-0.2, 0) is 11.3 Å². The molecular weight excluding hydrogens is 316 g/mol. The molecule has 2 aromatic carbocycles. The van der Waals surface area contributed by atoms with E-state index in [2.05, 4.69) is 35.8 Å². The maximum Gasteiger partial charge on any atom is 0.189 e. The minimum absolute atomic E-state index is 0.260. The van der Waals surface area contributed by atoms with Crippen molar-refractivity contribution in [1.82, 2.24) is 0 Å². The number of halogens is 1. The SMILES string of the molecule is CC(C)c1cc(Br)ccc1OCOCc1ccccc1. The number of rotatable bonds is 6. The van der Waals surface area contributed by atoms with Crippen molar-refractivity contribution in [3.63, 3.8) is 0 Å². The third kappa shape index (κ3) is 4.36. The molecule has 0 heterocycles. The highest BCUT2D eigenvalue weighted by Crippen LogP contribution is 2.29. The highest BCUT2D eigenvalue weighted by Gasteiger charge is 2.08. The lowest BCUT2D eigenvalue weighted by Crippen LogP contribution is -2.05. The Morgan fingerprint density at radius 1 is 1.05 bits per heavy atom. The highest BCUT2D eigenvalue weighted by atomic mass is 79.9. The van der Waals surface area contributed by atoms with Crippen molar-refractivity contribution < 1.29 is 9.47 Å². The lowest BCUT2D eigenvalue weighted by atomic mass is 10.0. The molecular formula is C17H19BrO2. The van der Waals surface area contributed by atoms with E-state index in [1.807, 2.05) is 42.5 Å². The van der Waals surface area contributed by atoms with E-state index in [9.17, 15) is 0 Å². The Kier molecular flexibility index (Phi) is 5.62. The van der Waals surface area contributed by atoms with Gasteiger partial charge in [-0.25, -0.2) is 0 Å². The van der Waals surface area contributed by atoms with E-state index in [4.69, 9.17) is 9.47 Å². The van der Waals surface area contributed by atoms with E-state index in [0.29, 0.717) is 12.5 Å². The zero-order valence-electron chi connectivity index (χ0n) is 11.8. The molecule has 2 rings (SSSR count). The lowest BCUT2D eigenvalue weighted by Gasteiger charge is -2.14. The first-order valence-corrected chi connectivity index (χ1v) is 7.50. The van der Waals surface area contributed by atoms with Gasteiger partial charge in [0.1, 0.15) is 5.75 Å². The van der Waals surface area contributed by atoms with Gasteiger partial charge in [0.05, 0.1) is 6.61 Å². The Labute approximate surface area is 128 Å². The van der Waals surface area contributed by atoms with Gasteiger partial charge in [-0.15, -0.1) is 0 Å². The summed E-state index contributed by atoms with van der Waals surface area (Å²) in [5.41, 5.74) is 2.33. The molecule has 0 fully saturated rings. The van der Waals surface area contributed by atoms with Gasteiger partial charge in [-0.3, -0.25) is 0 Å². The van der Waals surface area contributed by atoms with Crippen LogP contribution < -0.4 is 4.74 Å².